The van der Waals surface area contributed by atoms with Crippen LogP contribution in [0.1, 0.15) is 23.4 Å². The first-order valence-electron chi connectivity index (χ1n) is 11.6. The Morgan fingerprint density at radius 1 is 0.944 bits per heavy atom. The van der Waals surface area contributed by atoms with Crippen LogP contribution in [-0.4, -0.2) is 41.7 Å². The van der Waals surface area contributed by atoms with Crippen molar-refractivity contribution in [2.75, 3.05) is 12.0 Å². The van der Waals surface area contributed by atoms with Crippen molar-refractivity contribution in [3.8, 4) is 5.75 Å². The van der Waals surface area contributed by atoms with E-state index in [1.165, 1.54) is 23.2 Å². The molecule has 1 aromatic heterocycles. The summed E-state index contributed by atoms with van der Waals surface area (Å²) in [5.41, 5.74) is 1.29. The van der Waals surface area contributed by atoms with Gasteiger partial charge in [0, 0.05) is 18.3 Å². The summed E-state index contributed by atoms with van der Waals surface area (Å²) in [6.45, 7) is 1.58. The second-order valence-electron chi connectivity index (χ2n) is 8.80. The Balaban J connectivity index is 1.51. The number of imide groups is 1. The maximum Gasteiger partial charge on any atom is 0.243 e. The Labute approximate surface area is 212 Å². The standard InChI is InChI=1S/C27H25N3O5S/c1-16(31)29-23(20-9-6-14-36-20)21-22(27(34)30(26(21)33)18-7-4-3-5-8-18)24(29)25(32)28-15-17-10-12-19(35-2)13-11-17/h3-14,21-24H,15H2,1-2H3,(H,28,32). The number of nitrogens with zero attached hydrogens (tertiary/aromatic N) is 2. The largest absolute Gasteiger partial charge is 0.497 e. The molecule has 1 N–H and O–H groups in total. The summed E-state index contributed by atoms with van der Waals surface area (Å²) < 4.78 is 5.17. The van der Waals surface area contributed by atoms with E-state index in [9.17, 15) is 19.2 Å². The van der Waals surface area contributed by atoms with Gasteiger partial charge in [0.1, 0.15) is 11.8 Å². The minimum Gasteiger partial charge on any atom is -0.497 e. The van der Waals surface area contributed by atoms with Crippen molar-refractivity contribution in [3.05, 3.63) is 82.6 Å². The molecule has 2 aromatic carbocycles. The summed E-state index contributed by atoms with van der Waals surface area (Å²) >= 11 is 1.40. The number of amides is 4. The van der Waals surface area contributed by atoms with Gasteiger partial charge in [0.05, 0.1) is 30.7 Å². The molecule has 3 aromatic rings. The predicted molar refractivity (Wildman–Crippen MR) is 134 cm³/mol. The quantitative estimate of drug-likeness (QED) is 0.522. The van der Waals surface area contributed by atoms with Gasteiger partial charge in [0.25, 0.3) is 0 Å². The molecule has 8 nitrogen and oxygen atoms in total. The zero-order valence-corrected chi connectivity index (χ0v) is 20.6. The molecule has 2 aliphatic rings. The van der Waals surface area contributed by atoms with Crippen LogP contribution in [0, 0.1) is 11.8 Å². The number of anilines is 1. The molecule has 2 aliphatic heterocycles. The molecule has 3 heterocycles. The van der Waals surface area contributed by atoms with Gasteiger partial charge in [-0.3, -0.25) is 19.2 Å². The summed E-state index contributed by atoms with van der Waals surface area (Å²) in [5.74, 6) is -2.83. The molecular weight excluding hydrogens is 478 g/mol. The molecular formula is C27H25N3O5S. The SMILES string of the molecule is COc1ccc(CNC(=O)C2C3C(=O)N(c4ccccc4)C(=O)C3C(c3cccs3)N2C(C)=O)cc1. The van der Waals surface area contributed by atoms with E-state index >= 15 is 0 Å². The lowest BCUT2D eigenvalue weighted by molar-refractivity contribution is -0.141. The number of para-hydroxylation sites is 1. The first-order chi connectivity index (χ1) is 17.4. The number of nitrogens with one attached hydrogen (secondary N) is 1. The van der Waals surface area contributed by atoms with Gasteiger partial charge in [-0.1, -0.05) is 36.4 Å². The predicted octanol–water partition coefficient (Wildman–Crippen LogP) is 3.15. The number of carbonyl (C=O) groups excluding carboxylic acids is 4. The number of carbonyl (C=O) groups is 4. The third-order valence-electron chi connectivity index (χ3n) is 6.78. The molecule has 36 heavy (non-hydrogen) atoms. The van der Waals surface area contributed by atoms with Crippen molar-refractivity contribution in [1.82, 2.24) is 10.2 Å². The van der Waals surface area contributed by atoms with E-state index in [0.717, 1.165) is 15.3 Å². The van der Waals surface area contributed by atoms with Crippen molar-refractivity contribution in [3.63, 3.8) is 0 Å². The fraction of sp³-hybridized carbons (Fsp3) is 0.259. The summed E-state index contributed by atoms with van der Waals surface area (Å²) in [6.07, 6.45) is 0. The Morgan fingerprint density at radius 2 is 1.64 bits per heavy atom. The normalized spacial score (nSPS) is 23.1. The van der Waals surface area contributed by atoms with Crippen LogP contribution in [0.15, 0.2) is 72.1 Å². The fourth-order valence-corrected chi connectivity index (χ4v) is 6.09. The average Bonchev–Trinajstić information content (AvgIpc) is 3.59. The Morgan fingerprint density at radius 3 is 2.25 bits per heavy atom. The number of hydrogen-bond acceptors (Lipinski definition) is 6. The summed E-state index contributed by atoms with van der Waals surface area (Å²) in [6, 6.07) is 17.8. The minimum atomic E-state index is -1.11. The van der Waals surface area contributed by atoms with Crippen molar-refractivity contribution >= 4 is 40.7 Å². The lowest BCUT2D eigenvalue weighted by atomic mass is 9.88. The number of ether oxygens (including phenoxy) is 1. The van der Waals surface area contributed by atoms with Crippen LogP contribution in [0.3, 0.4) is 0 Å². The van der Waals surface area contributed by atoms with E-state index < -0.39 is 41.6 Å². The molecule has 0 spiro atoms. The van der Waals surface area contributed by atoms with E-state index in [1.807, 2.05) is 29.6 Å². The molecule has 4 amide bonds. The first kappa shape index (κ1) is 23.7. The van der Waals surface area contributed by atoms with Gasteiger partial charge in [-0.15, -0.1) is 11.3 Å². The van der Waals surface area contributed by atoms with Gasteiger partial charge < -0.3 is 15.0 Å². The zero-order chi connectivity index (χ0) is 25.4. The molecule has 184 valence electrons. The van der Waals surface area contributed by atoms with Gasteiger partial charge in [-0.05, 0) is 41.3 Å². The van der Waals surface area contributed by atoms with Gasteiger partial charge in [0.2, 0.25) is 23.6 Å². The van der Waals surface area contributed by atoms with E-state index in [4.69, 9.17) is 4.74 Å². The summed E-state index contributed by atoms with van der Waals surface area (Å²) in [4.78, 5) is 57.3. The fourth-order valence-electron chi connectivity index (χ4n) is 5.22. The van der Waals surface area contributed by atoms with Gasteiger partial charge in [-0.2, -0.15) is 0 Å². The van der Waals surface area contributed by atoms with Crippen LogP contribution in [0.4, 0.5) is 5.69 Å². The topological polar surface area (TPSA) is 96.0 Å². The average molecular weight is 504 g/mol. The van der Waals surface area contributed by atoms with Crippen molar-refractivity contribution in [1.29, 1.82) is 0 Å². The number of methoxy groups -OCH3 is 1. The number of rotatable bonds is 6. The molecule has 0 saturated carbocycles. The maximum absolute atomic E-state index is 13.7. The van der Waals surface area contributed by atoms with Gasteiger partial charge >= 0.3 is 0 Å². The number of hydrogen-bond donors (Lipinski definition) is 1. The Hall–Kier alpha value is -3.98. The van der Waals surface area contributed by atoms with Crippen molar-refractivity contribution in [2.45, 2.75) is 25.6 Å². The maximum atomic E-state index is 13.7. The van der Waals surface area contributed by atoms with Crippen LogP contribution < -0.4 is 15.0 Å². The highest BCUT2D eigenvalue weighted by Gasteiger charge is 2.65. The second kappa shape index (κ2) is 9.58. The molecule has 0 aliphatic carbocycles. The minimum absolute atomic E-state index is 0.205. The number of thiophene rings is 1. The van der Waals surface area contributed by atoms with E-state index in [-0.39, 0.29) is 12.5 Å². The smallest absolute Gasteiger partial charge is 0.243 e. The van der Waals surface area contributed by atoms with Gasteiger partial charge in [-0.25, -0.2) is 4.90 Å². The van der Waals surface area contributed by atoms with Gasteiger partial charge in [0.15, 0.2) is 0 Å². The monoisotopic (exact) mass is 503 g/mol. The molecule has 2 saturated heterocycles. The lowest BCUT2D eigenvalue weighted by Crippen LogP contribution is -2.51. The molecule has 0 bridgehead atoms. The molecule has 4 atom stereocenters. The van der Waals surface area contributed by atoms with E-state index in [2.05, 4.69) is 5.32 Å². The zero-order valence-electron chi connectivity index (χ0n) is 19.8. The van der Waals surface area contributed by atoms with Crippen LogP contribution in [0.25, 0.3) is 0 Å². The first-order valence-corrected chi connectivity index (χ1v) is 12.5. The number of benzene rings is 2. The molecule has 9 heteroatoms. The molecule has 5 rings (SSSR count). The highest BCUT2D eigenvalue weighted by molar-refractivity contribution is 7.10. The molecule has 4 unspecified atom stereocenters. The molecule has 0 radical (unpaired) electrons. The third kappa shape index (κ3) is 3.95. The van der Waals surface area contributed by atoms with Crippen molar-refractivity contribution in [2.24, 2.45) is 11.8 Å². The third-order valence-corrected chi connectivity index (χ3v) is 7.73. The highest BCUT2D eigenvalue weighted by Crippen LogP contribution is 2.51. The van der Waals surface area contributed by atoms with Crippen molar-refractivity contribution < 1.29 is 23.9 Å². The number of fused-ring (bicyclic) bond motifs is 1. The second-order valence-corrected chi connectivity index (χ2v) is 9.78. The van der Waals surface area contributed by atoms with Crippen LogP contribution in [0.2, 0.25) is 0 Å². The van der Waals surface area contributed by atoms with Crippen LogP contribution in [0.5, 0.6) is 5.75 Å². The Kier molecular flexibility index (Phi) is 6.32. The van der Waals surface area contributed by atoms with Crippen LogP contribution in [-0.2, 0) is 25.7 Å². The Bertz CT molecular complexity index is 1290. The lowest BCUT2D eigenvalue weighted by Gasteiger charge is -2.31. The number of likely N-dealkylation sites (tertiary alicyclic amines) is 1. The summed E-state index contributed by atoms with van der Waals surface area (Å²) in [7, 11) is 1.58. The molecule has 2 fully saturated rings. The van der Waals surface area contributed by atoms with E-state index in [1.54, 1.807) is 49.6 Å². The van der Waals surface area contributed by atoms with Crippen LogP contribution >= 0.6 is 11.3 Å². The summed E-state index contributed by atoms with van der Waals surface area (Å²) in [5, 5.41) is 4.74. The highest BCUT2D eigenvalue weighted by atomic mass is 32.1. The van der Waals surface area contributed by atoms with E-state index in [0.29, 0.717) is 11.4 Å².